The molecule has 3 aromatic carbocycles. The van der Waals surface area contributed by atoms with Crippen LogP contribution in [0.25, 0.3) is 44.4 Å². The van der Waals surface area contributed by atoms with Crippen LogP contribution < -0.4 is 4.57 Å². The van der Waals surface area contributed by atoms with Crippen molar-refractivity contribution in [1.29, 1.82) is 0 Å². The molecule has 4 nitrogen and oxygen atoms in total. The van der Waals surface area contributed by atoms with Gasteiger partial charge in [0, 0.05) is 5.39 Å². The molecule has 32 heavy (non-hydrogen) atoms. The zero-order valence-corrected chi connectivity index (χ0v) is 19.2. The maximum atomic E-state index is 5.29. The molecule has 0 spiro atoms. The van der Waals surface area contributed by atoms with E-state index in [1.165, 1.54) is 33.1 Å². The van der Waals surface area contributed by atoms with Gasteiger partial charge in [0.2, 0.25) is 0 Å². The molecule has 3 aromatic heterocycles. The third-order valence-corrected chi connectivity index (χ3v) is 6.55. The molecule has 158 valence electrons. The largest absolute Gasteiger partial charge is 0.314 e. The molecule has 4 heteroatoms. The molecule has 3 heterocycles. The molecule has 0 bridgehead atoms. The lowest BCUT2D eigenvalue weighted by atomic mass is 9.85. The second kappa shape index (κ2) is 6.42. The number of hydrogen-bond donors (Lipinski definition) is 0. The first kappa shape index (κ1) is 19.1. The summed E-state index contributed by atoms with van der Waals surface area (Å²) in [5, 5.41) is 2.42. The van der Waals surface area contributed by atoms with E-state index in [1.54, 1.807) is 0 Å². The standard InChI is InChI=1S/C28H27N4/c1-18-17-19-11-6-7-12-20(19)24-25(18)32-26-23(15-10-16-30(26)5)31(27(32)29-24)22-14-9-8-13-21(22)28(2,3)4/h6-17H,1-5H3/q+1. The molecular formula is C28H27N4+. The van der Waals surface area contributed by atoms with Gasteiger partial charge in [0.1, 0.15) is 11.0 Å². The summed E-state index contributed by atoms with van der Waals surface area (Å²) in [6.07, 6.45) is 2.12. The zero-order chi connectivity index (χ0) is 22.2. The highest BCUT2D eigenvalue weighted by molar-refractivity contribution is 6.08. The topological polar surface area (TPSA) is 26.1 Å². The number of aryl methyl sites for hydroxylation is 2. The molecule has 0 fully saturated rings. The maximum absolute atomic E-state index is 5.29. The zero-order valence-electron chi connectivity index (χ0n) is 19.2. The molecule has 0 unspecified atom stereocenters. The fourth-order valence-electron chi connectivity index (χ4n) is 5.13. The minimum Gasteiger partial charge on any atom is -0.252 e. The van der Waals surface area contributed by atoms with Crippen LogP contribution in [-0.2, 0) is 12.5 Å². The second-order valence-corrected chi connectivity index (χ2v) is 9.79. The highest BCUT2D eigenvalue weighted by Gasteiger charge is 2.29. The summed E-state index contributed by atoms with van der Waals surface area (Å²) in [7, 11) is 2.12. The fraction of sp³-hybridized carbons (Fsp3) is 0.214. The summed E-state index contributed by atoms with van der Waals surface area (Å²) in [4.78, 5) is 5.29. The fourth-order valence-corrected chi connectivity index (χ4v) is 5.13. The van der Waals surface area contributed by atoms with Crippen molar-refractivity contribution in [2.45, 2.75) is 33.1 Å². The third kappa shape index (κ3) is 2.49. The average Bonchev–Trinajstić information content (AvgIpc) is 3.29. The van der Waals surface area contributed by atoms with Gasteiger partial charge < -0.3 is 0 Å². The van der Waals surface area contributed by atoms with E-state index in [1.807, 2.05) is 0 Å². The lowest BCUT2D eigenvalue weighted by molar-refractivity contribution is -0.647. The van der Waals surface area contributed by atoms with Crippen molar-refractivity contribution in [2.75, 3.05) is 0 Å². The quantitative estimate of drug-likeness (QED) is 0.300. The molecule has 0 aliphatic rings. The molecule has 0 N–H and O–H groups in total. The number of hydrogen-bond acceptors (Lipinski definition) is 1. The Balaban J connectivity index is 1.90. The summed E-state index contributed by atoms with van der Waals surface area (Å²) in [6.45, 7) is 9.01. The van der Waals surface area contributed by atoms with Crippen LogP contribution in [0.15, 0.2) is 72.9 Å². The highest BCUT2D eigenvalue weighted by atomic mass is 15.3. The summed E-state index contributed by atoms with van der Waals surface area (Å²) >= 11 is 0. The van der Waals surface area contributed by atoms with Gasteiger partial charge in [-0.25, -0.2) is 4.57 Å². The number of nitrogens with zero attached hydrogens (tertiary/aromatic N) is 4. The van der Waals surface area contributed by atoms with Gasteiger partial charge >= 0.3 is 11.4 Å². The second-order valence-electron chi connectivity index (χ2n) is 9.79. The van der Waals surface area contributed by atoms with Crippen molar-refractivity contribution in [3.05, 3.63) is 84.1 Å². The van der Waals surface area contributed by atoms with Crippen LogP contribution in [0.2, 0.25) is 0 Å². The number of imidazole rings is 2. The van der Waals surface area contributed by atoms with E-state index in [4.69, 9.17) is 4.98 Å². The van der Waals surface area contributed by atoms with Gasteiger partial charge in [-0.3, -0.25) is 4.57 Å². The van der Waals surface area contributed by atoms with Crippen LogP contribution in [-0.4, -0.2) is 14.0 Å². The van der Waals surface area contributed by atoms with Crippen LogP contribution in [0.1, 0.15) is 31.9 Å². The SMILES string of the molecule is Cc1cc2ccccc2c2nc3n(-c4ccccc4C(C)(C)C)c4ccc[n+](C)c4n3c12. The summed E-state index contributed by atoms with van der Waals surface area (Å²) in [5.41, 5.74) is 8.27. The number of fused-ring (bicyclic) bond motifs is 7. The number of pyridine rings is 1. The van der Waals surface area contributed by atoms with Crippen molar-refractivity contribution in [3.8, 4) is 5.69 Å². The van der Waals surface area contributed by atoms with Crippen LogP contribution in [0.3, 0.4) is 0 Å². The molecule has 0 saturated heterocycles. The highest BCUT2D eigenvalue weighted by Crippen LogP contribution is 2.36. The Morgan fingerprint density at radius 2 is 1.66 bits per heavy atom. The average molecular weight is 420 g/mol. The van der Waals surface area contributed by atoms with Crippen molar-refractivity contribution in [2.24, 2.45) is 7.05 Å². The van der Waals surface area contributed by atoms with Gasteiger partial charge in [0.05, 0.1) is 18.9 Å². The minimum absolute atomic E-state index is 0.00970. The Morgan fingerprint density at radius 1 is 0.906 bits per heavy atom. The predicted octanol–water partition coefficient (Wildman–Crippen LogP) is 6.02. The van der Waals surface area contributed by atoms with Gasteiger partial charge in [-0.1, -0.05) is 63.2 Å². The van der Waals surface area contributed by atoms with Gasteiger partial charge in [0.15, 0.2) is 5.52 Å². The van der Waals surface area contributed by atoms with Crippen molar-refractivity contribution < 1.29 is 4.57 Å². The minimum atomic E-state index is 0.00970. The molecule has 0 atom stereocenters. The Hall–Kier alpha value is -3.66. The van der Waals surface area contributed by atoms with Gasteiger partial charge in [-0.2, -0.15) is 9.38 Å². The molecule has 6 rings (SSSR count). The first-order valence-electron chi connectivity index (χ1n) is 11.2. The van der Waals surface area contributed by atoms with Crippen LogP contribution in [0.5, 0.6) is 0 Å². The molecule has 6 aromatic rings. The van der Waals surface area contributed by atoms with Crippen LogP contribution in [0.4, 0.5) is 0 Å². The first-order chi connectivity index (χ1) is 15.4. The van der Waals surface area contributed by atoms with Gasteiger partial charge in [0.25, 0.3) is 0 Å². The monoisotopic (exact) mass is 419 g/mol. The van der Waals surface area contributed by atoms with Crippen molar-refractivity contribution in [1.82, 2.24) is 14.0 Å². The molecule has 0 aliphatic carbocycles. The smallest absolute Gasteiger partial charge is 0.252 e. The number of para-hydroxylation sites is 1. The summed E-state index contributed by atoms with van der Waals surface area (Å²) in [5.74, 6) is 0.952. The Labute approximate surface area is 187 Å². The predicted molar refractivity (Wildman–Crippen MR) is 132 cm³/mol. The Morgan fingerprint density at radius 3 is 2.47 bits per heavy atom. The van der Waals surface area contributed by atoms with Crippen LogP contribution in [0, 0.1) is 6.92 Å². The van der Waals surface area contributed by atoms with Crippen molar-refractivity contribution in [3.63, 3.8) is 0 Å². The first-order valence-corrected chi connectivity index (χ1v) is 11.2. The third-order valence-electron chi connectivity index (χ3n) is 6.55. The Bertz CT molecular complexity index is 1680. The van der Waals surface area contributed by atoms with Crippen LogP contribution >= 0.6 is 0 Å². The van der Waals surface area contributed by atoms with E-state index < -0.39 is 0 Å². The number of benzene rings is 3. The number of aromatic nitrogens is 4. The summed E-state index contributed by atoms with van der Waals surface area (Å²) < 4.78 is 6.88. The maximum Gasteiger partial charge on any atom is 0.314 e. The van der Waals surface area contributed by atoms with E-state index in [9.17, 15) is 0 Å². The molecular weight excluding hydrogens is 392 g/mol. The van der Waals surface area contributed by atoms with Gasteiger partial charge in [-0.15, -0.1) is 0 Å². The van der Waals surface area contributed by atoms with E-state index in [2.05, 4.69) is 121 Å². The lowest BCUT2D eigenvalue weighted by Gasteiger charge is -2.23. The lowest BCUT2D eigenvalue weighted by Crippen LogP contribution is -2.29. The molecule has 0 amide bonds. The van der Waals surface area contributed by atoms with E-state index in [0.29, 0.717) is 0 Å². The summed E-state index contributed by atoms with van der Waals surface area (Å²) in [6, 6.07) is 23.9. The van der Waals surface area contributed by atoms with Crippen molar-refractivity contribution >= 4 is 38.7 Å². The number of rotatable bonds is 1. The molecule has 0 radical (unpaired) electrons. The molecule has 0 aliphatic heterocycles. The van der Waals surface area contributed by atoms with E-state index in [-0.39, 0.29) is 5.41 Å². The van der Waals surface area contributed by atoms with Gasteiger partial charge in [-0.05, 0) is 53.1 Å². The molecule has 0 saturated carbocycles. The van der Waals surface area contributed by atoms with E-state index >= 15 is 0 Å². The van der Waals surface area contributed by atoms with E-state index in [0.717, 1.165) is 22.5 Å². The Kier molecular flexibility index (Phi) is 3.83. The normalized spacial score (nSPS) is 12.5.